The van der Waals surface area contributed by atoms with Crippen LogP contribution in [-0.4, -0.2) is 26.1 Å². The molecule has 0 aliphatic carbocycles. The van der Waals surface area contributed by atoms with Crippen molar-refractivity contribution in [3.63, 3.8) is 0 Å². The quantitative estimate of drug-likeness (QED) is 0.828. The molecule has 2 aromatic rings. The number of nitrogens with one attached hydrogen (secondary N) is 1. The second kappa shape index (κ2) is 5.70. The Hall–Kier alpha value is -2.41. The molecule has 2 rings (SSSR count). The first-order chi connectivity index (χ1) is 9.47. The van der Waals surface area contributed by atoms with Gasteiger partial charge in [0.25, 0.3) is 5.91 Å². The molecule has 0 bridgehead atoms. The van der Waals surface area contributed by atoms with Crippen LogP contribution in [0.4, 0.5) is 5.95 Å². The molecular weight excluding hydrogens is 274 g/mol. The highest BCUT2D eigenvalue weighted by atomic mass is 32.1. The van der Waals surface area contributed by atoms with E-state index >= 15 is 0 Å². The van der Waals surface area contributed by atoms with Crippen molar-refractivity contribution in [1.82, 2.24) is 15.2 Å². The van der Waals surface area contributed by atoms with Crippen LogP contribution in [0.15, 0.2) is 24.3 Å². The van der Waals surface area contributed by atoms with Gasteiger partial charge in [-0.3, -0.25) is 10.1 Å². The second-order valence-electron chi connectivity index (χ2n) is 4.20. The van der Waals surface area contributed by atoms with Crippen LogP contribution >= 0.6 is 12.2 Å². The topological polar surface area (TPSA) is 93.8 Å². The zero-order chi connectivity index (χ0) is 14.7. The largest absolute Gasteiger partial charge is 0.389 e. The van der Waals surface area contributed by atoms with Crippen LogP contribution in [0.2, 0.25) is 0 Å². The number of nitrogens with zero attached hydrogens (tertiary/aromatic N) is 3. The van der Waals surface area contributed by atoms with Gasteiger partial charge in [0.2, 0.25) is 5.95 Å². The van der Waals surface area contributed by atoms with E-state index in [9.17, 15) is 4.79 Å². The third-order valence-electron chi connectivity index (χ3n) is 2.75. The minimum absolute atomic E-state index is 0.177. The number of benzene rings is 1. The molecule has 0 aliphatic rings. The van der Waals surface area contributed by atoms with Gasteiger partial charge in [0.15, 0.2) is 0 Å². The van der Waals surface area contributed by atoms with Crippen molar-refractivity contribution >= 4 is 29.1 Å². The zero-order valence-electron chi connectivity index (χ0n) is 11.0. The van der Waals surface area contributed by atoms with Gasteiger partial charge in [0, 0.05) is 11.1 Å². The van der Waals surface area contributed by atoms with Crippen molar-refractivity contribution in [2.45, 2.75) is 13.8 Å². The number of aryl methyl sites for hydroxylation is 2. The Morgan fingerprint density at radius 3 is 2.25 bits per heavy atom. The number of aromatic nitrogens is 3. The molecule has 1 aromatic carbocycles. The van der Waals surface area contributed by atoms with Gasteiger partial charge < -0.3 is 5.73 Å². The highest BCUT2D eigenvalue weighted by Crippen LogP contribution is 2.08. The molecule has 0 atom stereocenters. The summed E-state index contributed by atoms with van der Waals surface area (Å²) in [6.45, 7) is 3.60. The first-order valence-electron chi connectivity index (χ1n) is 5.86. The van der Waals surface area contributed by atoms with E-state index in [1.165, 1.54) is 0 Å². The van der Waals surface area contributed by atoms with Crippen molar-refractivity contribution in [2.24, 2.45) is 5.73 Å². The Bertz CT molecular complexity index is 669. The number of anilines is 1. The van der Waals surface area contributed by atoms with Gasteiger partial charge in [0.1, 0.15) is 4.99 Å². The van der Waals surface area contributed by atoms with Crippen molar-refractivity contribution in [2.75, 3.05) is 5.32 Å². The standard InChI is InChI=1S/C13H13N5OS/c1-7-8(2)17-18-13(15-7)16-12(19)10-5-3-9(4-6-10)11(14)20/h3-6H,1-2H3,(H2,14,20)(H,15,16,18,19). The first kappa shape index (κ1) is 14.0. The molecule has 0 aliphatic heterocycles. The number of carbonyl (C=O) groups excluding carboxylic acids is 1. The Kier molecular flexibility index (Phi) is 3.99. The minimum atomic E-state index is -0.315. The molecule has 102 valence electrons. The molecule has 6 nitrogen and oxygen atoms in total. The summed E-state index contributed by atoms with van der Waals surface area (Å²) in [7, 11) is 0. The molecule has 1 amide bonds. The number of hydrogen-bond acceptors (Lipinski definition) is 5. The summed E-state index contributed by atoms with van der Waals surface area (Å²) in [5, 5.41) is 10.3. The number of amides is 1. The van der Waals surface area contributed by atoms with Gasteiger partial charge >= 0.3 is 0 Å². The lowest BCUT2D eigenvalue weighted by atomic mass is 10.1. The van der Waals surface area contributed by atoms with Crippen LogP contribution in [0, 0.1) is 13.8 Å². The predicted octanol–water partition coefficient (Wildman–Crippen LogP) is 1.37. The number of nitrogens with two attached hydrogens (primary N) is 1. The lowest BCUT2D eigenvalue weighted by Gasteiger charge is -2.05. The van der Waals surface area contributed by atoms with Crippen molar-refractivity contribution in [1.29, 1.82) is 0 Å². The van der Waals surface area contributed by atoms with Gasteiger partial charge in [0.05, 0.1) is 11.4 Å². The van der Waals surface area contributed by atoms with E-state index in [0.717, 1.165) is 11.4 Å². The number of thiocarbonyl (C=S) groups is 1. The van der Waals surface area contributed by atoms with E-state index in [0.29, 0.717) is 16.1 Å². The maximum Gasteiger partial charge on any atom is 0.258 e. The molecule has 1 aromatic heterocycles. The lowest BCUT2D eigenvalue weighted by molar-refractivity contribution is 0.102. The molecule has 20 heavy (non-hydrogen) atoms. The highest BCUT2D eigenvalue weighted by molar-refractivity contribution is 7.80. The molecule has 1 heterocycles. The van der Waals surface area contributed by atoms with Crippen molar-refractivity contribution in [3.05, 3.63) is 46.8 Å². The molecule has 0 radical (unpaired) electrons. The predicted molar refractivity (Wildman–Crippen MR) is 79.6 cm³/mol. The minimum Gasteiger partial charge on any atom is -0.389 e. The Morgan fingerprint density at radius 1 is 1.10 bits per heavy atom. The lowest BCUT2D eigenvalue weighted by Crippen LogP contribution is -2.16. The van der Waals surface area contributed by atoms with E-state index in [-0.39, 0.29) is 11.9 Å². The maximum absolute atomic E-state index is 12.0. The van der Waals surface area contributed by atoms with Crippen LogP contribution in [-0.2, 0) is 0 Å². The smallest absolute Gasteiger partial charge is 0.258 e. The summed E-state index contributed by atoms with van der Waals surface area (Å²) in [6.07, 6.45) is 0. The van der Waals surface area contributed by atoms with E-state index in [1.54, 1.807) is 38.1 Å². The fraction of sp³-hybridized carbons (Fsp3) is 0.154. The van der Waals surface area contributed by atoms with Gasteiger partial charge in [-0.05, 0) is 26.0 Å². The summed E-state index contributed by atoms with van der Waals surface area (Å²) in [5.41, 5.74) is 8.12. The average molecular weight is 287 g/mol. The molecule has 0 unspecified atom stereocenters. The number of hydrogen-bond donors (Lipinski definition) is 2. The molecule has 0 fully saturated rings. The van der Waals surface area contributed by atoms with Gasteiger partial charge in [-0.2, -0.15) is 5.10 Å². The van der Waals surface area contributed by atoms with Gasteiger partial charge in [-0.15, -0.1) is 5.10 Å². The third-order valence-corrected chi connectivity index (χ3v) is 2.98. The van der Waals surface area contributed by atoms with E-state index < -0.39 is 0 Å². The highest BCUT2D eigenvalue weighted by Gasteiger charge is 2.09. The van der Waals surface area contributed by atoms with E-state index in [1.807, 2.05) is 0 Å². The fourth-order valence-electron chi connectivity index (χ4n) is 1.47. The van der Waals surface area contributed by atoms with Crippen molar-refractivity contribution in [3.8, 4) is 0 Å². The van der Waals surface area contributed by atoms with E-state index in [2.05, 4.69) is 20.5 Å². The molecule has 0 saturated heterocycles. The van der Waals surface area contributed by atoms with Gasteiger partial charge in [-0.25, -0.2) is 4.98 Å². The first-order valence-corrected chi connectivity index (χ1v) is 6.27. The summed E-state index contributed by atoms with van der Waals surface area (Å²) < 4.78 is 0. The molecule has 3 N–H and O–H groups in total. The van der Waals surface area contributed by atoms with Crippen molar-refractivity contribution < 1.29 is 4.79 Å². The van der Waals surface area contributed by atoms with Crippen LogP contribution in [0.25, 0.3) is 0 Å². The van der Waals surface area contributed by atoms with Crippen LogP contribution in [0.5, 0.6) is 0 Å². The van der Waals surface area contributed by atoms with E-state index in [4.69, 9.17) is 18.0 Å². The Labute approximate surface area is 121 Å². The Morgan fingerprint density at radius 2 is 1.70 bits per heavy atom. The Balaban J connectivity index is 2.15. The second-order valence-corrected chi connectivity index (χ2v) is 4.64. The maximum atomic E-state index is 12.0. The van der Waals surface area contributed by atoms with Crippen LogP contribution < -0.4 is 11.1 Å². The summed E-state index contributed by atoms with van der Waals surface area (Å²) in [6, 6.07) is 6.66. The number of carbonyl (C=O) groups is 1. The van der Waals surface area contributed by atoms with Crippen LogP contribution in [0.3, 0.4) is 0 Å². The zero-order valence-corrected chi connectivity index (χ0v) is 11.9. The average Bonchev–Trinajstić information content (AvgIpc) is 2.43. The molecular formula is C13H13N5OS. The molecule has 0 spiro atoms. The monoisotopic (exact) mass is 287 g/mol. The summed E-state index contributed by atoms with van der Waals surface area (Å²) >= 11 is 4.85. The summed E-state index contributed by atoms with van der Waals surface area (Å²) in [5.74, 6) is -0.138. The fourth-order valence-corrected chi connectivity index (χ4v) is 1.61. The molecule has 0 saturated carbocycles. The third kappa shape index (κ3) is 3.12. The molecule has 7 heteroatoms. The SMILES string of the molecule is Cc1nnc(NC(=O)c2ccc(C(N)=S)cc2)nc1C. The normalized spacial score (nSPS) is 10.1. The number of rotatable bonds is 3. The van der Waals surface area contributed by atoms with Gasteiger partial charge in [-0.1, -0.05) is 24.4 Å². The summed E-state index contributed by atoms with van der Waals surface area (Å²) in [4.78, 5) is 16.4. The van der Waals surface area contributed by atoms with Crippen LogP contribution in [0.1, 0.15) is 27.3 Å².